The molecule has 2 heterocycles. The van der Waals surface area contributed by atoms with Gasteiger partial charge in [0.15, 0.2) is 10.9 Å². The first-order valence-electron chi connectivity index (χ1n) is 7.38. The summed E-state index contributed by atoms with van der Waals surface area (Å²) in [5.41, 5.74) is -3.27. The fraction of sp³-hybridized carbons (Fsp3) is 0.250. The molecule has 1 saturated heterocycles. The number of phenolic OH excluding ortho intramolecular Hbond substituents is 1. The predicted molar refractivity (Wildman–Crippen MR) is 92.9 cm³/mol. The minimum absolute atomic E-state index is 0.0814. The number of benzene rings is 1. The molecule has 2 aromatic rings. The average molecular weight is 402 g/mol. The summed E-state index contributed by atoms with van der Waals surface area (Å²) in [4.78, 5) is 12.9. The van der Waals surface area contributed by atoms with Crippen molar-refractivity contribution in [3.63, 3.8) is 0 Å². The Labute approximate surface area is 155 Å². The number of alkyl halides is 3. The number of aromatic hydroxyl groups is 1. The lowest BCUT2D eigenvalue weighted by atomic mass is 9.79. The van der Waals surface area contributed by atoms with E-state index in [1.54, 1.807) is 5.38 Å². The third kappa shape index (κ3) is 3.15. The largest absolute Gasteiger partial charge is 0.508 e. The summed E-state index contributed by atoms with van der Waals surface area (Å²) < 4.78 is 41.1. The normalized spacial score (nSPS) is 26.1. The monoisotopic (exact) mass is 402 g/mol. The first kappa shape index (κ1) is 18.6. The van der Waals surface area contributed by atoms with Gasteiger partial charge in [-0.3, -0.25) is 4.79 Å². The molecule has 1 aromatic heterocycles. The molecular formula is C16H13F3N2O3S2. The zero-order valence-electron chi connectivity index (χ0n) is 12.9. The second-order valence-corrected chi connectivity index (χ2v) is 7.11. The molecule has 0 amide bonds. The Morgan fingerprint density at radius 2 is 1.88 bits per heavy atom. The van der Waals surface area contributed by atoms with E-state index >= 15 is 0 Å². The highest BCUT2D eigenvalue weighted by atomic mass is 32.1. The molecule has 3 rings (SSSR count). The summed E-state index contributed by atoms with van der Waals surface area (Å²) in [5, 5.41) is 25.5. The van der Waals surface area contributed by atoms with Gasteiger partial charge in [0.2, 0.25) is 5.72 Å². The van der Waals surface area contributed by atoms with Gasteiger partial charge in [0, 0.05) is 0 Å². The molecule has 1 aliphatic heterocycles. The van der Waals surface area contributed by atoms with Gasteiger partial charge < -0.3 is 20.8 Å². The van der Waals surface area contributed by atoms with Crippen molar-refractivity contribution in [2.75, 3.05) is 0 Å². The first-order chi connectivity index (χ1) is 12.1. The lowest BCUT2D eigenvalue weighted by molar-refractivity contribution is -0.285. The molecule has 0 saturated carbocycles. The number of thiophene rings is 1. The van der Waals surface area contributed by atoms with Crippen LogP contribution in [0.3, 0.4) is 0 Å². The smallest absolute Gasteiger partial charge is 0.437 e. The first-order valence-corrected chi connectivity index (χ1v) is 8.66. The highest BCUT2D eigenvalue weighted by Gasteiger charge is 2.65. The Kier molecular flexibility index (Phi) is 4.67. The second-order valence-electron chi connectivity index (χ2n) is 5.75. The summed E-state index contributed by atoms with van der Waals surface area (Å²) in [7, 11) is 0. The lowest BCUT2D eigenvalue weighted by Crippen LogP contribution is -2.72. The fourth-order valence-electron chi connectivity index (χ4n) is 2.87. The van der Waals surface area contributed by atoms with Crippen LogP contribution in [-0.4, -0.2) is 33.0 Å². The number of aliphatic hydroxyl groups is 1. The third-order valence-electron chi connectivity index (χ3n) is 4.10. The SMILES string of the molecule is O=C(c1cccs1)[C@H]1[C@H](c2ccc(O)cc2)NC(=S)N[C@@]1(O)C(F)(F)F. The fourth-order valence-corrected chi connectivity index (χ4v) is 3.86. The molecule has 0 radical (unpaired) electrons. The van der Waals surface area contributed by atoms with E-state index < -0.39 is 34.8 Å². The van der Waals surface area contributed by atoms with Crippen molar-refractivity contribution in [3.8, 4) is 5.75 Å². The number of carbonyl (C=O) groups excluding carboxylic acids is 1. The minimum atomic E-state index is -5.16. The van der Waals surface area contributed by atoms with Crippen LogP contribution in [0.5, 0.6) is 5.75 Å². The lowest BCUT2D eigenvalue weighted by Gasteiger charge is -2.46. The quantitative estimate of drug-likeness (QED) is 0.467. The van der Waals surface area contributed by atoms with Crippen LogP contribution >= 0.6 is 23.6 Å². The Morgan fingerprint density at radius 3 is 2.42 bits per heavy atom. The van der Waals surface area contributed by atoms with Crippen molar-refractivity contribution in [2.24, 2.45) is 5.92 Å². The van der Waals surface area contributed by atoms with Crippen LogP contribution in [-0.2, 0) is 0 Å². The number of hydrogen-bond acceptors (Lipinski definition) is 5. The van der Waals surface area contributed by atoms with Crippen molar-refractivity contribution in [3.05, 3.63) is 52.2 Å². The van der Waals surface area contributed by atoms with Crippen LogP contribution in [0.2, 0.25) is 0 Å². The van der Waals surface area contributed by atoms with E-state index in [4.69, 9.17) is 12.2 Å². The molecule has 0 spiro atoms. The van der Waals surface area contributed by atoms with Gasteiger partial charge in [-0.05, 0) is 41.4 Å². The summed E-state index contributed by atoms with van der Waals surface area (Å²) in [6, 6.07) is 6.98. The van der Waals surface area contributed by atoms with Crippen LogP contribution in [0.1, 0.15) is 21.3 Å². The zero-order valence-corrected chi connectivity index (χ0v) is 14.6. The predicted octanol–water partition coefficient (Wildman–Crippen LogP) is 2.72. The summed E-state index contributed by atoms with van der Waals surface area (Å²) in [6.45, 7) is 0. The van der Waals surface area contributed by atoms with E-state index in [9.17, 15) is 28.2 Å². The number of ketones is 1. The Bertz CT molecular complexity index is 824. The molecule has 4 N–H and O–H groups in total. The molecule has 0 aliphatic carbocycles. The number of hydrogen-bond donors (Lipinski definition) is 4. The van der Waals surface area contributed by atoms with Gasteiger partial charge in [-0.15, -0.1) is 11.3 Å². The molecule has 0 unspecified atom stereocenters. The van der Waals surface area contributed by atoms with Gasteiger partial charge in [-0.2, -0.15) is 13.2 Å². The molecule has 26 heavy (non-hydrogen) atoms. The molecular weight excluding hydrogens is 389 g/mol. The molecule has 5 nitrogen and oxygen atoms in total. The van der Waals surface area contributed by atoms with Crippen LogP contribution in [0.15, 0.2) is 41.8 Å². The second kappa shape index (κ2) is 6.53. The van der Waals surface area contributed by atoms with Crippen molar-refractivity contribution < 1.29 is 28.2 Å². The highest BCUT2D eigenvalue weighted by molar-refractivity contribution is 7.80. The Morgan fingerprint density at radius 1 is 1.23 bits per heavy atom. The number of phenols is 1. The van der Waals surface area contributed by atoms with Gasteiger partial charge in [0.1, 0.15) is 11.7 Å². The van der Waals surface area contributed by atoms with E-state index in [0.29, 0.717) is 0 Å². The maximum atomic E-state index is 13.7. The molecule has 1 aliphatic rings. The van der Waals surface area contributed by atoms with Crippen LogP contribution < -0.4 is 10.6 Å². The van der Waals surface area contributed by atoms with E-state index in [1.807, 2.05) is 5.32 Å². The number of rotatable bonds is 3. The Balaban J connectivity index is 2.14. The summed E-state index contributed by atoms with van der Waals surface area (Å²) >= 11 is 5.81. The number of Topliss-reactive ketones (excluding diaryl/α,β-unsaturated/α-hetero) is 1. The van der Waals surface area contributed by atoms with Gasteiger partial charge in [-0.1, -0.05) is 18.2 Å². The van der Waals surface area contributed by atoms with Gasteiger partial charge in [0.25, 0.3) is 0 Å². The van der Waals surface area contributed by atoms with E-state index in [1.165, 1.54) is 36.4 Å². The number of halogens is 3. The van der Waals surface area contributed by atoms with E-state index in [2.05, 4.69) is 5.32 Å². The van der Waals surface area contributed by atoms with Crippen molar-refractivity contribution in [1.29, 1.82) is 0 Å². The number of carbonyl (C=O) groups is 1. The molecule has 1 aromatic carbocycles. The Hall–Kier alpha value is -2.17. The summed E-state index contributed by atoms with van der Waals surface area (Å²) in [5.74, 6) is -2.89. The maximum Gasteiger partial charge on any atom is 0.437 e. The van der Waals surface area contributed by atoms with Crippen LogP contribution in [0, 0.1) is 5.92 Å². The molecule has 10 heteroatoms. The maximum absolute atomic E-state index is 13.7. The third-order valence-corrected chi connectivity index (χ3v) is 5.21. The van der Waals surface area contributed by atoms with Gasteiger partial charge >= 0.3 is 6.18 Å². The van der Waals surface area contributed by atoms with E-state index in [-0.39, 0.29) is 16.2 Å². The van der Waals surface area contributed by atoms with Crippen molar-refractivity contribution >= 4 is 34.5 Å². The van der Waals surface area contributed by atoms with Gasteiger partial charge in [0.05, 0.1) is 10.9 Å². The average Bonchev–Trinajstić information content (AvgIpc) is 3.08. The van der Waals surface area contributed by atoms with Crippen molar-refractivity contribution in [1.82, 2.24) is 10.6 Å². The van der Waals surface area contributed by atoms with Crippen LogP contribution in [0.4, 0.5) is 13.2 Å². The minimum Gasteiger partial charge on any atom is -0.508 e. The van der Waals surface area contributed by atoms with Crippen molar-refractivity contribution in [2.45, 2.75) is 17.9 Å². The van der Waals surface area contributed by atoms with Gasteiger partial charge in [-0.25, -0.2) is 0 Å². The number of nitrogens with one attached hydrogen (secondary N) is 2. The topological polar surface area (TPSA) is 81.6 Å². The van der Waals surface area contributed by atoms with Crippen LogP contribution in [0.25, 0.3) is 0 Å². The molecule has 1 fully saturated rings. The standard InChI is InChI=1S/C16H13F3N2O3S2/c17-16(18,19)15(24)11(13(23)10-2-1-7-26-10)12(20-14(25)21-15)8-3-5-9(22)6-4-8/h1-7,11-12,22,24H,(H2,20,21,25)/t11-,12+,15+/m1/s1. The van der Waals surface area contributed by atoms with E-state index in [0.717, 1.165) is 11.3 Å². The summed E-state index contributed by atoms with van der Waals surface area (Å²) in [6.07, 6.45) is -5.16. The molecule has 138 valence electrons. The highest BCUT2D eigenvalue weighted by Crippen LogP contribution is 2.44. The molecule has 3 atom stereocenters. The number of thiocarbonyl (C=S) groups is 1. The zero-order chi connectivity index (χ0) is 19.1. The molecule has 0 bridgehead atoms.